The van der Waals surface area contributed by atoms with Gasteiger partial charge in [-0.05, 0) is 24.1 Å². The topological polar surface area (TPSA) is 67.4 Å². The zero-order chi connectivity index (χ0) is 21.2. The number of guanidine groups is 1. The third kappa shape index (κ3) is 8.38. The largest absolute Gasteiger partial charge is 0.497 e. The fourth-order valence-electron chi connectivity index (χ4n) is 3.33. The minimum atomic E-state index is -2.89. The third-order valence-corrected chi connectivity index (χ3v) is 4.92. The average molecular weight is 542 g/mol. The quantitative estimate of drug-likeness (QED) is 0.284. The van der Waals surface area contributed by atoms with Crippen molar-refractivity contribution in [2.75, 3.05) is 47.0 Å². The maximum atomic E-state index is 12.7. The molecule has 1 saturated heterocycles. The molecule has 1 aromatic carbocycles. The number of nitrogens with zero attached hydrogens (tertiary/aromatic N) is 2. The Kier molecular flexibility index (Phi) is 12.3. The van der Waals surface area contributed by atoms with Gasteiger partial charge in [-0.3, -0.25) is 9.89 Å². The van der Waals surface area contributed by atoms with Gasteiger partial charge in [0.05, 0.1) is 20.3 Å². The molecule has 1 aromatic rings. The third-order valence-electron chi connectivity index (χ3n) is 4.92. The summed E-state index contributed by atoms with van der Waals surface area (Å²) in [6, 6.07) is 5.07. The summed E-state index contributed by atoms with van der Waals surface area (Å²) in [5, 5.41) is 6.51. The molecule has 10 heteroatoms. The number of hydrogen-bond donors (Lipinski definition) is 2. The molecular weight excluding hydrogens is 509 g/mol. The normalized spacial score (nSPS) is 16.2. The van der Waals surface area contributed by atoms with Crippen molar-refractivity contribution in [3.8, 4) is 11.5 Å². The van der Waals surface area contributed by atoms with Crippen LogP contribution in [0.2, 0.25) is 0 Å². The first-order valence-electron chi connectivity index (χ1n) is 9.82. The zero-order valence-electron chi connectivity index (χ0n) is 18.0. The number of methoxy groups -OCH3 is 1. The van der Waals surface area contributed by atoms with Crippen LogP contribution in [0.25, 0.3) is 0 Å². The van der Waals surface area contributed by atoms with Crippen LogP contribution in [0.1, 0.15) is 19.4 Å². The second-order valence-corrected chi connectivity index (χ2v) is 7.12. The Morgan fingerprint density at radius 1 is 1.23 bits per heavy atom. The summed E-state index contributed by atoms with van der Waals surface area (Å²) >= 11 is 0. The molecule has 1 aliphatic heterocycles. The first-order valence-corrected chi connectivity index (χ1v) is 9.82. The van der Waals surface area contributed by atoms with E-state index in [-0.39, 0.29) is 36.3 Å². The number of halogens is 3. The highest BCUT2D eigenvalue weighted by Gasteiger charge is 2.24. The van der Waals surface area contributed by atoms with Gasteiger partial charge in [-0.15, -0.1) is 24.0 Å². The molecule has 0 saturated carbocycles. The van der Waals surface area contributed by atoms with Gasteiger partial charge in [0.15, 0.2) is 5.96 Å². The van der Waals surface area contributed by atoms with Crippen LogP contribution in [0, 0.1) is 5.92 Å². The number of aliphatic imine (C=N–C) groups is 1. The molecular formula is C20H33F2IN4O3. The molecule has 0 spiro atoms. The molecule has 0 aliphatic carbocycles. The molecule has 172 valence electrons. The number of benzene rings is 1. The summed E-state index contributed by atoms with van der Waals surface area (Å²) in [4.78, 5) is 6.67. The molecule has 1 unspecified atom stereocenters. The second-order valence-electron chi connectivity index (χ2n) is 7.12. The van der Waals surface area contributed by atoms with Crippen molar-refractivity contribution in [3.05, 3.63) is 23.8 Å². The number of alkyl halides is 2. The standard InChI is InChI=1S/C20H32F2N4O3.HI/c1-14(2)17(26-7-9-28-10-8-26)13-25-20(23-3)24-12-15-11-16(27-4)5-6-18(15)29-19(21)22;/h5-6,11,14,17,19H,7-10,12-13H2,1-4H3,(H2,23,24,25);1H. The number of morpholine rings is 1. The first-order chi connectivity index (χ1) is 13.9. The Balaban J connectivity index is 0.00000450. The molecule has 2 N–H and O–H groups in total. The molecule has 0 amide bonds. The van der Waals surface area contributed by atoms with E-state index in [9.17, 15) is 8.78 Å². The van der Waals surface area contributed by atoms with E-state index in [0.29, 0.717) is 29.2 Å². The Labute approximate surface area is 194 Å². The smallest absolute Gasteiger partial charge is 0.387 e. The van der Waals surface area contributed by atoms with E-state index in [1.54, 1.807) is 19.2 Å². The molecule has 0 bridgehead atoms. The molecule has 2 rings (SSSR count). The lowest BCUT2D eigenvalue weighted by Crippen LogP contribution is -2.52. The predicted molar refractivity (Wildman–Crippen MR) is 124 cm³/mol. The molecule has 1 heterocycles. The maximum absolute atomic E-state index is 12.7. The second kappa shape index (κ2) is 13.8. The Bertz CT molecular complexity index is 659. The van der Waals surface area contributed by atoms with Crippen LogP contribution in [-0.4, -0.2) is 70.5 Å². The average Bonchev–Trinajstić information content (AvgIpc) is 2.71. The summed E-state index contributed by atoms with van der Waals surface area (Å²) in [6.07, 6.45) is 0. The summed E-state index contributed by atoms with van der Waals surface area (Å²) in [5.74, 6) is 1.73. The van der Waals surface area contributed by atoms with Crippen molar-refractivity contribution in [2.45, 2.75) is 33.0 Å². The van der Waals surface area contributed by atoms with Crippen LogP contribution in [0.4, 0.5) is 8.78 Å². The van der Waals surface area contributed by atoms with Gasteiger partial charge in [-0.2, -0.15) is 8.78 Å². The van der Waals surface area contributed by atoms with E-state index < -0.39 is 6.61 Å². The predicted octanol–water partition coefficient (Wildman–Crippen LogP) is 2.94. The highest BCUT2D eigenvalue weighted by Crippen LogP contribution is 2.25. The molecule has 0 radical (unpaired) electrons. The van der Waals surface area contributed by atoms with Crippen molar-refractivity contribution >= 4 is 29.9 Å². The highest BCUT2D eigenvalue weighted by atomic mass is 127. The highest BCUT2D eigenvalue weighted by molar-refractivity contribution is 14.0. The molecule has 1 atom stereocenters. The Hall–Kier alpha value is -1.40. The number of nitrogens with one attached hydrogen (secondary N) is 2. The Morgan fingerprint density at radius 2 is 1.93 bits per heavy atom. The zero-order valence-corrected chi connectivity index (χ0v) is 20.3. The summed E-state index contributed by atoms with van der Waals surface area (Å²) in [7, 11) is 3.20. The van der Waals surface area contributed by atoms with Gasteiger partial charge in [0.2, 0.25) is 0 Å². The van der Waals surface area contributed by atoms with Crippen molar-refractivity contribution in [1.29, 1.82) is 0 Å². The van der Waals surface area contributed by atoms with E-state index in [1.807, 2.05) is 0 Å². The van der Waals surface area contributed by atoms with Crippen LogP contribution >= 0.6 is 24.0 Å². The molecule has 7 nitrogen and oxygen atoms in total. The van der Waals surface area contributed by atoms with Crippen LogP contribution in [0.15, 0.2) is 23.2 Å². The number of hydrogen-bond acceptors (Lipinski definition) is 5. The van der Waals surface area contributed by atoms with Gasteiger partial charge in [-0.1, -0.05) is 13.8 Å². The number of rotatable bonds is 9. The van der Waals surface area contributed by atoms with Crippen molar-refractivity contribution in [1.82, 2.24) is 15.5 Å². The fourth-order valence-corrected chi connectivity index (χ4v) is 3.33. The SMILES string of the molecule is CN=C(NCc1cc(OC)ccc1OC(F)F)NCC(C(C)C)N1CCOCC1.I. The van der Waals surface area contributed by atoms with Crippen LogP contribution in [0.3, 0.4) is 0 Å². The first kappa shape index (κ1) is 26.6. The van der Waals surface area contributed by atoms with Gasteiger partial charge in [0.25, 0.3) is 0 Å². The van der Waals surface area contributed by atoms with E-state index in [2.05, 4.69) is 39.1 Å². The minimum Gasteiger partial charge on any atom is -0.497 e. The lowest BCUT2D eigenvalue weighted by molar-refractivity contribution is -0.0504. The summed E-state index contributed by atoms with van der Waals surface area (Å²) in [5.41, 5.74) is 0.557. The fraction of sp³-hybridized carbons (Fsp3) is 0.650. The van der Waals surface area contributed by atoms with Crippen molar-refractivity contribution < 1.29 is 23.0 Å². The van der Waals surface area contributed by atoms with Gasteiger partial charge in [0.1, 0.15) is 11.5 Å². The monoisotopic (exact) mass is 542 g/mol. The van der Waals surface area contributed by atoms with Gasteiger partial charge >= 0.3 is 6.61 Å². The van der Waals surface area contributed by atoms with E-state index >= 15 is 0 Å². The van der Waals surface area contributed by atoms with E-state index in [0.717, 1.165) is 32.8 Å². The van der Waals surface area contributed by atoms with Crippen molar-refractivity contribution in [2.24, 2.45) is 10.9 Å². The molecule has 30 heavy (non-hydrogen) atoms. The lowest BCUT2D eigenvalue weighted by atomic mass is 10.0. The van der Waals surface area contributed by atoms with Crippen LogP contribution < -0.4 is 20.1 Å². The maximum Gasteiger partial charge on any atom is 0.387 e. The summed E-state index contributed by atoms with van der Waals surface area (Å²) < 4.78 is 40.6. The van der Waals surface area contributed by atoms with Crippen LogP contribution in [-0.2, 0) is 11.3 Å². The Morgan fingerprint density at radius 3 is 2.50 bits per heavy atom. The molecule has 1 fully saturated rings. The molecule has 1 aliphatic rings. The van der Waals surface area contributed by atoms with E-state index in [4.69, 9.17) is 9.47 Å². The van der Waals surface area contributed by atoms with Crippen LogP contribution in [0.5, 0.6) is 11.5 Å². The van der Waals surface area contributed by atoms with Crippen molar-refractivity contribution in [3.63, 3.8) is 0 Å². The summed E-state index contributed by atoms with van der Waals surface area (Å²) in [6.45, 7) is 5.81. The number of ether oxygens (including phenoxy) is 3. The van der Waals surface area contributed by atoms with E-state index in [1.165, 1.54) is 13.2 Å². The molecule has 0 aromatic heterocycles. The van der Waals surface area contributed by atoms with Gasteiger partial charge < -0.3 is 24.8 Å². The minimum absolute atomic E-state index is 0. The van der Waals surface area contributed by atoms with Gasteiger partial charge in [-0.25, -0.2) is 0 Å². The van der Waals surface area contributed by atoms with Gasteiger partial charge in [0, 0.05) is 44.8 Å². The lowest BCUT2D eigenvalue weighted by Gasteiger charge is -2.37.